The molecule has 1 aromatic carbocycles. The quantitative estimate of drug-likeness (QED) is 0.436. The van der Waals surface area contributed by atoms with Gasteiger partial charge in [0.05, 0.1) is 5.69 Å². The molecule has 1 spiro atoms. The monoisotopic (exact) mass is 477 g/mol. The van der Waals surface area contributed by atoms with Crippen LogP contribution in [0.4, 0.5) is 16.0 Å². The molecule has 3 aromatic heterocycles. The van der Waals surface area contributed by atoms with Gasteiger partial charge in [0.15, 0.2) is 5.65 Å². The van der Waals surface area contributed by atoms with E-state index in [0.29, 0.717) is 34.6 Å². The van der Waals surface area contributed by atoms with E-state index in [0.717, 1.165) is 18.8 Å². The number of rotatable bonds is 6. The lowest BCUT2D eigenvalue weighted by Crippen LogP contribution is -2.33. The van der Waals surface area contributed by atoms with Crippen molar-refractivity contribution in [2.75, 3.05) is 18.5 Å². The van der Waals surface area contributed by atoms with Gasteiger partial charge in [0.1, 0.15) is 18.3 Å². The minimum absolute atomic E-state index is 0.162. The first kappa shape index (κ1) is 22.0. The van der Waals surface area contributed by atoms with Crippen LogP contribution in [0.15, 0.2) is 39.9 Å². The standard InChI is InChI=1S/C25H28FN7O2/c1-4-32-21(34)17-11-28-22(29-16-5-6-18-15(9-16)10-27-14-25(18)7-8-25)31-20(17)33(32)23-30-19(12-35-23)24(2,3)13-26/h5-6,9,11-12,27H,4,7-8,10,13-14H2,1-3H3,(H,28,29,31). The van der Waals surface area contributed by atoms with Crippen molar-refractivity contribution in [2.24, 2.45) is 0 Å². The predicted molar refractivity (Wildman–Crippen MR) is 130 cm³/mol. The molecule has 0 unspecified atom stereocenters. The normalized spacial score (nSPS) is 16.6. The molecule has 182 valence electrons. The second kappa shape index (κ2) is 7.74. The molecule has 0 radical (unpaired) electrons. The topological polar surface area (TPSA) is 103 Å². The third-order valence-electron chi connectivity index (χ3n) is 7.24. The van der Waals surface area contributed by atoms with Crippen LogP contribution in [0.25, 0.3) is 17.0 Å². The summed E-state index contributed by atoms with van der Waals surface area (Å²) in [6, 6.07) is 6.56. The molecule has 4 heterocycles. The summed E-state index contributed by atoms with van der Waals surface area (Å²) in [4.78, 5) is 26.5. The molecule has 6 rings (SSSR count). The van der Waals surface area contributed by atoms with E-state index < -0.39 is 12.1 Å². The zero-order valence-corrected chi connectivity index (χ0v) is 20.1. The van der Waals surface area contributed by atoms with Gasteiger partial charge in [-0.25, -0.2) is 9.67 Å². The Kier molecular flexibility index (Phi) is 4.86. The molecule has 1 aliphatic heterocycles. The van der Waals surface area contributed by atoms with Crippen LogP contribution in [-0.2, 0) is 23.9 Å². The van der Waals surface area contributed by atoms with Gasteiger partial charge in [0.25, 0.3) is 5.56 Å². The fraction of sp³-hybridized carbons (Fsp3) is 0.440. The lowest BCUT2D eigenvalue weighted by molar-refractivity contribution is 0.343. The van der Waals surface area contributed by atoms with Crippen LogP contribution in [0.1, 0.15) is 50.4 Å². The van der Waals surface area contributed by atoms with Crippen LogP contribution < -0.4 is 16.2 Å². The van der Waals surface area contributed by atoms with Gasteiger partial charge >= 0.3 is 6.01 Å². The fourth-order valence-electron chi connectivity index (χ4n) is 4.90. The van der Waals surface area contributed by atoms with Crippen molar-refractivity contribution in [3.63, 3.8) is 0 Å². The van der Waals surface area contributed by atoms with E-state index in [1.807, 2.05) is 6.92 Å². The first-order valence-corrected chi connectivity index (χ1v) is 12.0. The zero-order valence-electron chi connectivity index (χ0n) is 20.1. The molecule has 35 heavy (non-hydrogen) atoms. The van der Waals surface area contributed by atoms with E-state index in [-0.39, 0.29) is 11.6 Å². The molecule has 1 fully saturated rings. The van der Waals surface area contributed by atoms with Crippen molar-refractivity contribution in [3.8, 4) is 6.01 Å². The van der Waals surface area contributed by atoms with Crippen molar-refractivity contribution in [1.29, 1.82) is 0 Å². The predicted octanol–water partition coefficient (Wildman–Crippen LogP) is 3.72. The summed E-state index contributed by atoms with van der Waals surface area (Å²) in [6.07, 6.45) is 5.41. The summed E-state index contributed by atoms with van der Waals surface area (Å²) in [6.45, 7) is 7.03. The lowest BCUT2D eigenvalue weighted by Gasteiger charge is -2.26. The van der Waals surface area contributed by atoms with Gasteiger partial charge in [-0.15, -0.1) is 0 Å². The van der Waals surface area contributed by atoms with Crippen molar-refractivity contribution in [1.82, 2.24) is 29.6 Å². The van der Waals surface area contributed by atoms with Crippen LogP contribution in [-0.4, -0.2) is 37.5 Å². The number of aromatic nitrogens is 5. The smallest absolute Gasteiger partial charge is 0.323 e. The third kappa shape index (κ3) is 3.46. The van der Waals surface area contributed by atoms with Crippen LogP contribution in [0.3, 0.4) is 0 Å². The molecule has 10 heteroatoms. The van der Waals surface area contributed by atoms with Crippen molar-refractivity contribution in [3.05, 3.63) is 57.8 Å². The largest absolute Gasteiger partial charge is 0.430 e. The molecule has 2 aliphatic rings. The Balaban J connectivity index is 1.40. The number of fused-ring (bicyclic) bond motifs is 3. The van der Waals surface area contributed by atoms with Gasteiger partial charge in [-0.05, 0) is 43.0 Å². The van der Waals surface area contributed by atoms with E-state index in [4.69, 9.17) is 4.42 Å². The summed E-state index contributed by atoms with van der Waals surface area (Å²) < 4.78 is 22.2. The maximum Gasteiger partial charge on any atom is 0.323 e. The summed E-state index contributed by atoms with van der Waals surface area (Å²) >= 11 is 0. The average Bonchev–Trinajstić information content (AvgIpc) is 3.33. The Bertz CT molecular complexity index is 1500. The van der Waals surface area contributed by atoms with Gasteiger partial charge in [0.2, 0.25) is 5.95 Å². The van der Waals surface area contributed by atoms with Gasteiger partial charge in [-0.3, -0.25) is 9.18 Å². The molecule has 0 amide bonds. The zero-order chi connectivity index (χ0) is 24.4. The van der Waals surface area contributed by atoms with Crippen LogP contribution in [0.2, 0.25) is 0 Å². The highest BCUT2D eigenvalue weighted by atomic mass is 19.1. The summed E-state index contributed by atoms with van der Waals surface area (Å²) in [5.74, 6) is 0.361. The first-order valence-electron chi connectivity index (χ1n) is 12.0. The number of nitrogens with one attached hydrogen (secondary N) is 2. The number of halogens is 1. The Morgan fingerprint density at radius 2 is 2.11 bits per heavy atom. The Morgan fingerprint density at radius 1 is 1.29 bits per heavy atom. The number of alkyl halides is 1. The highest BCUT2D eigenvalue weighted by Gasteiger charge is 2.46. The number of hydrogen-bond donors (Lipinski definition) is 2. The van der Waals surface area contributed by atoms with Gasteiger partial charge < -0.3 is 15.1 Å². The molecule has 1 saturated carbocycles. The molecule has 2 N–H and O–H groups in total. The van der Waals surface area contributed by atoms with Gasteiger partial charge in [0, 0.05) is 42.3 Å². The summed E-state index contributed by atoms with van der Waals surface area (Å²) in [5.41, 5.74) is 3.71. The number of nitrogens with zero attached hydrogens (tertiary/aromatic N) is 5. The highest BCUT2D eigenvalue weighted by molar-refractivity contribution is 5.76. The van der Waals surface area contributed by atoms with Crippen molar-refractivity contribution in [2.45, 2.75) is 57.5 Å². The Morgan fingerprint density at radius 3 is 2.86 bits per heavy atom. The molecule has 0 saturated heterocycles. The number of oxazole rings is 1. The van der Waals surface area contributed by atoms with E-state index in [1.165, 1.54) is 45.8 Å². The molecule has 0 bridgehead atoms. The number of benzene rings is 1. The van der Waals surface area contributed by atoms with E-state index in [1.54, 1.807) is 13.8 Å². The van der Waals surface area contributed by atoms with Gasteiger partial charge in [-0.1, -0.05) is 19.9 Å². The SMILES string of the molecule is CCn1c(=O)c2cnc(Nc3ccc4c(c3)CNCC43CC3)nc2n1-c1nc(C(C)(C)CF)co1. The molecule has 4 aromatic rings. The lowest BCUT2D eigenvalue weighted by atomic mass is 9.88. The summed E-state index contributed by atoms with van der Waals surface area (Å²) in [7, 11) is 0. The third-order valence-corrected chi connectivity index (χ3v) is 7.24. The van der Waals surface area contributed by atoms with E-state index in [2.05, 4.69) is 43.8 Å². The Hall–Kier alpha value is -3.53. The highest BCUT2D eigenvalue weighted by Crippen LogP contribution is 2.50. The average molecular weight is 478 g/mol. The van der Waals surface area contributed by atoms with Gasteiger partial charge in [-0.2, -0.15) is 14.6 Å². The van der Waals surface area contributed by atoms with Crippen molar-refractivity contribution < 1.29 is 8.81 Å². The van der Waals surface area contributed by atoms with Crippen LogP contribution in [0, 0.1) is 0 Å². The second-order valence-corrected chi connectivity index (χ2v) is 10.2. The maximum absolute atomic E-state index is 13.5. The second-order valence-electron chi connectivity index (χ2n) is 10.2. The molecule has 0 atom stereocenters. The number of anilines is 2. The fourth-order valence-corrected chi connectivity index (χ4v) is 4.90. The first-order chi connectivity index (χ1) is 16.8. The van der Waals surface area contributed by atoms with Crippen LogP contribution >= 0.6 is 0 Å². The summed E-state index contributed by atoms with van der Waals surface area (Å²) in [5, 5.41) is 7.16. The Labute approximate surface area is 201 Å². The number of hydrogen-bond acceptors (Lipinski definition) is 7. The minimum Gasteiger partial charge on any atom is -0.430 e. The molecule has 9 nitrogen and oxygen atoms in total. The van der Waals surface area contributed by atoms with E-state index in [9.17, 15) is 9.18 Å². The van der Waals surface area contributed by atoms with Crippen LogP contribution in [0.5, 0.6) is 0 Å². The minimum atomic E-state index is -0.801. The molecular formula is C25H28FN7O2. The molecular weight excluding hydrogens is 449 g/mol. The van der Waals surface area contributed by atoms with Crippen molar-refractivity contribution >= 4 is 22.7 Å². The molecule has 1 aliphatic carbocycles. The maximum atomic E-state index is 13.5. The van der Waals surface area contributed by atoms with E-state index >= 15 is 0 Å².